The highest BCUT2D eigenvalue weighted by atomic mass is 32.2. The largest absolute Gasteiger partial charge is 0.459 e. The van der Waals surface area contributed by atoms with E-state index in [-0.39, 0.29) is 34.9 Å². The van der Waals surface area contributed by atoms with Gasteiger partial charge in [-0.2, -0.15) is 5.26 Å². The van der Waals surface area contributed by atoms with E-state index in [0.29, 0.717) is 84.2 Å². The Morgan fingerprint density at radius 2 is 0.912 bits per heavy atom. The van der Waals surface area contributed by atoms with E-state index in [1.165, 1.54) is 12.1 Å². The summed E-state index contributed by atoms with van der Waals surface area (Å²) in [5.74, 6) is -4.42. The summed E-state index contributed by atoms with van der Waals surface area (Å²) < 4.78 is 48.8. The number of hydrogen-bond donors (Lipinski definition) is 0. The predicted molar refractivity (Wildman–Crippen MR) is 242 cm³/mol. The lowest BCUT2D eigenvalue weighted by atomic mass is 9.82. The van der Waals surface area contributed by atoms with Gasteiger partial charge in [-0.15, -0.1) is 0 Å². The van der Waals surface area contributed by atoms with Crippen LogP contribution in [0.5, 0.6) is 34.5 Å². The molecule has 2 fully saturated rings. The van der Waals surface area contributed by atoms with Crippen LogP contribution in [0.15, 0.2) is 106 Å². The van der Waals surface area contributed by atoms with E-state index in [1.807, 2.05) is 6.07 Å². The minimum atomic E-state index is -0.836. The molecule has 0 aromatic heterocycles. The van der Waals surface area contributed by atoms with Gasteiger partial charge in [0.2, 0.25) is 13.6 Å². The van der Waals surface area contributed by atoms with Crippen LogP contribution in [0.2, 0.25) is 0 Å². The zero-order chi connectivity index (χ0) is 48.7. The average molecular weight is 970 g/mol. The first-order chi connectivity index (χ1) is 32.7. The van der Waals surface area contributed by atoms with Crippen LogP contribution in [0.3, 0.4) is 0 Å². The third-order valence-corrected chi connectivity index (χ3v) is 13.4. The van der Waals surface area contributed by atoms with Gasteiger partial charge in [0.1, 0.15) is 40.6 Å². The Hall–Kier alpha value is -7.04. The Labute approximate surface area is 400 Å². The van der Waals surface area contributed by atoms with Crippen molar-refractivity contribution in [2.75, 3.05) is 13.6 Å². The molecule has 0 saturated heterocycles. The van der Waals surface area contributed by atoms with Crippen molar-refractivity contribution in [3.8, 4) is 40.6 Å². The number of nitriles is 1. The van der Waals surface area contributed by atoms with E-state index in [9.17, 15) is 38.8 Å². The van der Waals surface area contributed by atoms with E-state index < -0.39 is 71.6 Å². The molecule has 17 nitrogen and oxygen atoms in total. The highest BCUT2D eigenvalue weighted by Crippen LogP contribution is 2.59. The van der Waals surface area contributed by atoms with Crippen molar-refractivity contribution >= 4 is 65.3 Å². The van der Waals surface area contributed by atoms with E-state index in [0.717, 1.165) is 35.7 Å². The van der Waals surface area contributed by atoms with Gasteiger partial charge in [0.15, 0.2) is 5.57 Å². The maximum absolute atomic E-state index is 13.6. The Morgan fingerprint density at radius 3 is 1.24 bits per heavy atom. The number of nitrogens with zero attached hydrogens (tertiary/aromatic N) is 1. The normalized spacial score (nSPS) is 18.3. The molecular formula is C49H47NO16S2. The number of esters is 7. The quantitative estimate of drug-likeness (QED) is 0.0291. The number of thioether (sulfide) groups is 2. The van der Waals surface area contributed by atoms with Crippen molar-refractivity contribution in [3.63, 3.8) is 0 Å². The summed E-state index contributed by atoms with van der Waals surface area (Å²) >= 11 is 2.03. The third kappa shape index (κ3) is 13.8. The molecule has 2 saturated carbocycles. The number of hydrogen-bond acceptors (Lipinski definition) is 19. The molecule has 6 rings (SSSR count). The summed E-state index contributed by atoms with van der Waals surface area (Å²) in [6.45, 7) is 9.31. The molecule has 3 aromatic carbocycles. The van der Waals surface area contributed by atoms with Crippen molar-refractivity contribution in [3.05, 3.63) is 95.8 Å². The van der Waals surface area contributed by atoms with Gasteiger partial charge < -0.3 is 42.6 Å². The second kappa shape index (κ2) is 24.1. The highest BCUT2D eigenvalue weighted by molar-refractivity contribution is 8.24. The molecule has 1 heterocycles. The second-order valence-electron chi connectivity index (χ2n) is 15.7. The van der Waals surface area contributed by atoms with E-state index in [2.05, 4.69) is 13.2 Å². The number of carbonyl (C=O) groups excluding carboxylic acids is 7. The molecule has 356 valence electrons. The first-order valence-electron chi connectivity index (χ1n) is 21.5. The molecule has 0 radical (unpaired) electrons. The van der Waals surface area contributed by atoms with Gasteiger partial charge in [-0.25, -0.2) is 14.4 Å². The molecule has 19 heteroatoms. The Bertz CT molecular complexity index is 2330. The molecule has 0 bridgehead atoms. The third-order valence-electron chi connectivity index (χ3n) is 10.8. The summed E-state index contributed by atoms with van der Waals surface area (Å²) in [7, 11) is 0. The van der Waals surface area contributed by atoms with Crippen LogP contribution in [0.1, 0.15) is 65.2 Å². The first kappa shape index (κ1) is 50.4. The summed E-state index contributed by atoms with van der Waals surface area (Å²) in [4.78, 5) is 89.4. The molecule has 0 N–H and O–H groups in total. The molecule has 3 aliphatic rings. The summed E-state index contributed by atoms with van der Waals surface area (Å²) in [6.07, 6.45) is 4.39. The zero-order valence-corrected chi connectivity index (χ0v) is 38.7. The Morgan fingerprint density at radius 1 is 0.574 bits per heavy atom. The van der Waals surface area contributed by atoms with Crippen LogP contribution in [-0.4, -0.2) is 61.5 Å². The summed E-state index contributed by atoms with van der Waals surface area (Å²) in [5.41, 5.74) is -0.262. The standard InChI is InChI=1S/C49H47NO16S2/c1-5-40(51)60-26-58-33-15-19-35(20-16-33)63-44(53)29-7-11-31(12-8-29)46(55)65-38-23-24-39(43-42(38)67-49(68-43)37(25-50)48(57)62-28(3)4)66-47(56)32-13-9-30(10-14-32)45(54)64-36-21-17-34(18-22-36)59-27-61-41(52)6-2/h5-6,15-24,28-32H,1-2,7-14,26-27H2,3-4H3. The lowest BCUT2D eigenvalue weighted by Crippen LogP contribution is -2.30. The van der Waals surface area contributed by atoms with Gasteiger partial charge in [-0.1, -0.05) is 36.7 Å². The van der Waals surface area contributed by atoms with Gasteiger partial charge in [0, 0.05) is 12.2 Å². The number of carbonyl (C=O) groups is 7. The van der Waals surface area contributed by atoms with Crippen molar-refractivity contribution < 1.29 is 76.2 Å². The van der Waals surface area contributed by atoms with Crippen molar-refractivity contribution in [1.29, 1.82) is 5.26 Å². The molecule has 0 amide bonds. The molecule has 2 aliphatic carbocycles. The maximum Gasteiger partial charge on any atom is 0.350 e. The molecule has 0 atom stereocenters. The lowest BCUT2D eigenvalue weighted by molar-refractivity contribution is -0.145. The maximum atomic E-state index is 13.6. The minimum absolute atomic E-state index is 0.134. The van der Waals surface area contributed by atoms with Crippen LogP contribution in [0.4, 0.5) is 0 Å². The predicted octanol–water partition coefficient (Wildman–Crippen LogP) is 8.34. The van der Waals surface area contributed by atoms with E-state index in [1.54, 1.807) is 62.4 Å². The molecular weight excluding hydrogens is 923 g/mol. The van der Waals surface area contributed by atoms with E-state index in [4.69, 9.17) is 42.6 Å². The van der Waals surface area contributed by atoms with Gasteiger partial charge in [-0.3, -0.25) is 19.2 Å². The van der Waals surface area contributed by atoms with Crippen molar-refractivity contribution in [2.24, 2.45) is 23.7 Å². The zero-order valence-electron chi connectivity index (χ0n) is 37.1. The van der Waals surface area contributed by atoms with Crippen LogP contribution in [0.25, 0.3) is 0 Å². The monoisotopic (exact) mass is 969 g/mol. The number of ether oxygens (including phenoxy) is 9. The van der Waals surface area contributed by atoms with E-state index >= 15 is 0 Å². The van der Waals surface area contributed by atoms with Gasteiger partial charge in [0.25, 0.3) is 0 Å². The van der Waals surface area contributed by atoms with Gasteiger partial charge in [-0.05, 0) is 126 Å². The fourth-order valence-electron chi connectivity index (χ4n) is 7.19. The minimum Gasteiger partial charge on any atom is -0.459 e. The fraction of sp³-hybridized carbons (Fsp3) is 0.347. The van der Waals surface area contributed by atoms with Crippen molar-refractivity contribution in [2.45, 2.75) is 81.1 Å². The number of fused-ring (bicyclic) bond motifs is 1. The molecule has 1 aliphatic heterocycles. The lowest BCUT2D eigenvalue weighted by Gasteiger charge is -2.26. The van der Waals surface area contributed by atoms with Crippen LogP contribution < -0.4 is 28.4 Å². The number of rotatable bonds is 18. The second-order valence-corrected chi connectivity index (χ2v) is 18.0. The molecule has 3 aromatic rings. The smallest absolute Gasteiger partial charge is 0.350 e. The van der Waals surface area contributed by atoms with Crippen LogP contribution >= 0.6 is 23.5 Å². The topological polar surface area (TPSA) is 226 Å². The van der Waals surface area contributed by atoms with Crippen LogP contribution in [-0.2, 0) is 47.8 Å². The van der Waals surface area contributed by atoms with Gasteiger partial charge in [0.05, 0.1) is 43.8 Å². The molecule has 68 heavy (non-hydrogen) atoms. The first-order valence-corrected chi connectivity index (χ1v) is 23.2. The Kier molecular flexibility index (Phi) is 17.9. The van der Waals surface area contributed by atoms with Crippen LogP contribution in [0, 0.1) is 35.0 Å². The highest BCUT2D eigenvalue weighted by Gasteiger charge is 2.37. The van der Waals surface area contributed by atoms with Gasteiger partial charge >= 0.3 is 41.8 Å². The summed E-state index contributed by atoms with van der Waals surface area (Å²) in [6, 6.07) is 17.3. The fourth-order valence-corrected chi connectivity index (χ4v) is 9.74. The number of benzene rings is 3. The molecule has 0 unspecified atom stereocenters. The average Bonchev–Trinajstić information content (AvgIpc) is 3.79. The van der Waals surface area contributed by atoms with Crippen molar-refractivity contribution in [1.82, 2.24) is 0 Å². The molecule has 0 spiro atoms. The summed E-state index contributed by atoms with van der Waals surface area (Å²) in [5, 5.41) is 10.0. The Balaban J connectivity index is 1.05. The SMILES string of the molecule is C=CC(=O)OCOc1ccc(OC(=O)C2CCC(C(=O)Oc3ccc(OC(=O)C4CCC(C(=O)Oc5ccc(OCOC(=O)C=C)cc5)CC4)c4c3SC(=C(C#N)C(=O)OC(C)C)S4)CC2)cc1.